The first-order chi connectivity index (χ1) is 13.6. The van der Waals surface area contributed by atoms with Crippen LogP contribution in [-0.2, 0) is 0 Å². The van der Waals surface area contributed by atoms with Crippen LogP contribution in [0, 0.1) is 21.4 Å². The number of benzene rings is 2. The summed E-state index contributed by atoms with van der Waals surface area (Å²) < 4.78 is 5.74. The Morgan fingerprint density at radius 2 is 2.07 bits per heavy atom. The molecule has 4 rings (SSSR count). The van der Waals surface area contributed by atoms with Crippen molar-refractivity contribution in [2.75, 3.05) is 0 Å². The number of furan rings is 1. The number of fused-ring (bicyclic) bond motifs is 1. The Kier molecular flexibility index (Phi) is 4.66. The Balaban J connectivity index is 1.58. The average molecular weight is 388 g/mol. The summed E-state index contributed by atoms with van der Waals surface area (Å²) in [6.07, 6.45) is 1.61. The second-order valence-corrected chi connectivity index (χ2v) is 6.82. The topological polar surface area (TPSA) is 109 Å². The predicted octanol–water partition coefficient (Wildman–Crippen LogP) is 5.39. The maximum absolute atomic E-state index is 10.9. The van der Waals surface area contributed by atoms with Crippen molar-refractivity contribution in [3.63, 3.8) is 0 Å². The number of aromatic nitrogens is 2. The van der Waals surface area contributed by atoms with E-state index in [4.69, 9.17) is 4.42 Å². The van der Waals surface area contributed by atoms with Crippen molar-refractivity contribution < 1.29 is 9.34 Å². The molecule has 28 heavy (non-hydrogen) atoms. The smallest absolute Gasteiger partial charge is 0.270 e. The van der Waals surface area contributed by atoms with Gasteiger partial charge < -0.3 is 9.40 Å². The molecule has 7 nitrogen and oxygen atoms in total. The lowest BCUT2D eigenvalue weighted by Gasteiger charge is -1.97. The fourth-order valence-corrected chi connectivity index (χ4v) is 3.39. The maximum Gasteiger partial charge on any atom is 0.270 e. The third-order valence-electron chi connectivity index (χ3n) is 3.93. The highest BCUT2D eigenvalue weighted by atomic mass is 32.2. The predicted molar refractivity (Wildman–Crippen MR) is 106 cm³/mol. The molecule has 0 aliphatic heterocycles. The van der Waals surface area contributed by atoms with Crippen LogP contribution in [0.3, 0.4) is 0 Å². The fraction of sp³-hybridized carbons (Fsp3) is 0. The molecular formula is C20H12N4O3S. The van der Waals surface area contributed by atoms with E-state index in [1.165, 1.54) is 23.9 Å². The Morgan fingerprint density at radius 3 is 2.86 bits per heavy atom. The number of nitro groups is 1. The van der Waals surface area contributed by atoms with Gasteiger partial charge in [-0.05, 0) is 36.0 Å². The Morgan fingerprint density at radius 1 is 1.21 bits per heavy atom. The van der Waals surface area contributed by atoms with E-state index in [-0.39, 0.29) is 5.69 Å². The monoisotopic (exact) mass is 388 g/mol. The van der Waals surface area contributed by atoms with Crippen LogP contribution in [0.1, 0.15) is 5.76 Å². The van der Waals surface area contributed by atoms with Crippen LogP contribution in [0.25, 0.3) is 28.4 Å². The van der Waals surface area contributed by atoms with Crippen molar-refractivity contribution in [2.24, 2.45) is 0 Å². The van der Waals surface area contributed by atoms with Crippen molar-refractivity contribution in [2.45, 2.75) is 5.16 Å². The van der Waals surface area contributed by atoms with Gasteiger partial charge in [0.05, 0.1) is 20.9 Å². The molecule has 0 radical (unpaired) electrons. The lowest BCUT2D eigenvalue weighted by Crippen LogP contribution is -1.87. The van der Waals surface area contributed by atoms with Crippen LogP contribution < -0.4 is 0 Å². The minimum atomic E-state index is -0.453. The number of rotatable bonds is 5. The lowest BCUT2D eigenvalue weighted by atomic mass is 10.1. The van der Waals surface area contributed by atoms with Crippen LogP contribution >= 0.6 is 11.8 Å². The summed E-state index contributed by atoms with van der Waals surface area (Å²) in [6, 6.07) is 19.4. The standard InChI is InChI=1S/C20H12N4O3S/c21-12-16(28-20-22-17-6-1-2-7-18(17)23-20)11-15-8-9-19(27-15)13-4-3-5-14(10-13)24(25)26/h1-11H,(H,22,23)/b16-11+. The van der Waals surface area contributed by atoms with E-state index in [0.717, 1.165) is 11.0 Å². The third kappa shape index (κ3) is 3.65. The number of hydrogen-bond donors (Lipinski definition) is 1. The first-order valence-electron chi connectivity index (χ1n) is 8.21. The van der Waals surface area contributed by atoms with Gasteiger partial charge in [0.2, 0.25) is 0 Å². The highest BCUT2D eigenvalue weighted by molar-refractivity contribution is 8.03. The number of nitrogens with one attached hydrogen (secondary N) is 1. The van der Waals surface area contributed by atoms with Gasteiger partial charge in [-0.15, -0.1) is 0 Å². The van der Waals surface area contributed by atoms with Crippen LogP contribution in [-0.4, -0.2) is 14.9 Å². The van der Waals surface area contributed by atoms with Crippen LogP contribution in [0.15, 0.2) is 75.1 Å². The molecule has 2 aromatic heterocycles. The van der Waals surface area contributed by atoms with E-state index in [2.05, 4.69) is 16.0 Å². The number of non-ortho nitro benzene ring substituents is 1. The maximum atomic E-state index is 10.9. The number of thioether (sulfide) groups is 1. The quantitative estimate of drug-likeness (QED) is 0.212. The summed E-state index contributed by atoms with van der Waals surface area (Å²) in [5.74, 6) is 0.961. The molecule has 0 atom stereocenters. The lowest BCUT2D eigenvalue weighted by molar-refractivity contribution is -0.384. The zero-order valence-electron chi connectivity index (χ0n) is 14.3. The normalized spacial score (nSPS) is 11.5. The number of nitrogens with zero attached hydrogens (tertiary/aromatic N) is 3. The minimum Gasteiger partial charge on any atom is -0.457 e. The van der Waals surface area contributed by atoms with Gasteiger partial charge in [-0.1, -0.05) is 24.3 Å². The van der Waals surface area contributed by atoms with Crippen LogP contribution in [0.4, 0.5) is 5.69 Å². The van der Waals surface area contributed by atoms with E-state index in [9.17, 15) is 15.4 Å². The van der Waals surface area contributed by atoms with Gasteiger partial charge in [-0.2, -0.15) is 5.26 Å². The van der Waals surface area contributed by atoms with Gasteiger partial charge >= 0.3 is 0 Å². The Bertz CT molecular complexity index is 1220. The highest BCUT2D eigenvalue weighted by Crippen LogP contribution is 2.30. The van der Waals surface area contributed by atoms with E-state index < -0.39 is 4.92 Å². The van der Waals surface area contributed by atoms with Crippen molar-refractivity contribution >= 4 is 34.6 Å². The zero-order chi connectivity index (χ0) is 19.5. The first-order valence-corrected chi connectivity index (χ1v) is 9.03. The molecule has 2 heterocycles. The van der Waals surface area contributed by atoms with E-state index in [1.54, 1.807) is 30.3 Å². The van der Waals surface area contributed by atoms with E-state index >= 15 is 0 Å². The molecule has 4 aromatic rings. The molecule has 136 valence electrons. The van der Waals surface area contributed by atoms with Gasteiger partial charge in [0, 0.05) is 23.8 Å². The van der Waals surface area contributed by atoms with Crippen molar-refractivity contribution in [3.8, 4) is 17.4 Å². The largest absolute Gasteiger partial charge is 0.457 e. The Labute approximate surface area is 163 Å². The number of nitro benzene ring substituents is 1. The number of H-pyrrole nitrogens is 1. The first kappa shape index (κ1) is 17.6. The van der Waals surface area contributed by atoms with Gasteiger partial charge in [0.1, 0.15) is 17.6 Å². The molecule has 0 aliphatic carbocycles. The fourth-order valence-electron chi connectivity index (χ4n) is 2.65. The van der Waals surface area contributed by atoms with Crippen molar-refractivity contribution in [3.05, 3.63) is 81.4 Å². The summed E-state index contributed by atoms with van der Waals surface area (Å²) in [5.41, 5.74) is 2.31. The summed E-state index contributed by atoms with van der Waals surface area (Å²) in [7, 11) is 0. The van der Waals surface area contributed by atoms with Crippen LogP contribution in [0.5, 0.6) is 0 Å². The summed E-state index contributed by atoms with van der Waals surface area (Å²) in [5, 5.41) is 21.0. The molecule has 8 heteroatoms. The van der Waals surface area contributed by atoms with Gasteiger partial charge in [0.15, 0.2) is 5.16 Å². The van der Waals surface area contributed by atoms with E-state index in [0.29, 0.717) is 27.1 Å². The zero-order valence-corrected chi connectivity index (χ0v) is 15.1. The third-order valence-corrected chi connectivity index (χ3v) is 4.74. The molecular weight excluding hydrogens is 376 g/mol. The van der Waals surface area contributed by atoms with Crippen LogP contribution in [0.2, 0.25) is 0 Å². The summed E-state index contributed by atoms with van der Waals surface area (Å²) in [4.78, 5) is 18.5. The number of para-hydroxylation sites is 2. The number of hydrogen-bond acceptors (Lipinski definition) is 6. The van der Waals surface area contributed by atoms with Gasteiger partial charge in [-0.25, -0.2) is 4.98 Å². The number of imidazole rings is 1. The van der Waals surface area contributed by atoms with Gasteiger partial charge in [-0.3, -0.25) is 10.1 Å². The summed E-state index contributed by atoms with van der Waals surface area (Å²) >= 11 is 1.20. The molecule has 0 amide bonds. The van der Waals surface area contributed by atoms with Crippen molar-refractivity contribution in [1.29, 1.82) is 5.26 Å². The average Bonchev–Trinajstić information content (AvgIpc) is 3.34. The minimum absolute atomic E-state index is 0.0100. The van der Waals surface area contributed by atoms with Crippen molar-refractivity contribution in [1.82, 2.24) is 9.97 Å². The molecule has 0 saturated carbocycles. The molecule has 0 unspecified atom stereocenters. The number of nitriles is 1. The molecule has 0 bridgehead atoms. The molecule has 0 aliphatic rings. The van der Waals surface area contributed by atoms with Gasteiger partial charge in [0.25, 0.3) is 5.69 Å². The second-order valence-electron chi connectivity index (χ2n) is 5.79. The molecule has 0 spiro atoms. The SMILES string of the molecule is N#C/C(=C\c1ccc(-c2cccc([N+](=O)[O-])c2)o1)Sc1nc2ccccc2[nH]1. The molecule has 1 N–H and O–H groups in total. The molecule has 0 saturated heterocycles. The Hall–Kier alpha value is -3.83. The summed E-state index contributed by atoms with van der Waals surface area (Å²) in [6.45, 7) is 0. The highest BCUT2D eigenvalue weighted by Gasteiger charge is 2.11. The van der Waals surface area contributed by atoms with E-state index in [1.807, 2.05) is 24.3 Å². The molecule has 0 fully saturated rings. The number of aromatic amines is 1. The molecule has 2 aromatic carbocycles. The number of allylic oxidation sites excluding steroid dienone is 1. The second kappa shape index (κ2) is 7.42.